The number of carbonyl (C=O) groups is 2. The zero-order chi connectivity index (χ0) is 24.8. The smallest absolute Gasteiger partial charge is 0.303 e. The number of pyridine rings is 1. The molecule has 0 saturated carbocycles. The molecule has 0 unspecified atom stereocenters. The number of benzene rings is 1. The number of rotatable bonds is 12. The van der Waals surface area contributed by atoms with E-state index in [0.717, 1.165) is 30.5 Å². The molecule has 0 amide bonds. The Balaban J connectivity index is 1.70. The van der Waals surface area contributed by atoms with Gasteiger partial charge in [0.25, 0.3) is 0 Å². The lowest BCUT2D eigenvalue weighted by Crippen LogP contribution is -2.12. The molecule has 0 bridgehead atoms. The van der Waals surface area contributed by atoms with Gasteiger partial charge in [0.1, 0.15) is 5.65 Å². The number of unbranched alkanes of at least 4 members (excludes halogenated alkanes) is 2. The lowest BCUT2D eigenvalue weighted by Gasteiger charge is -2.12. The molecule has 34 heavy (non-hydrogen) atoms. The Bertz CT molecular complexity index is 1180. The van der Waals surface area contributed by atoms with Crippen LogP contribution in [0.15, 0.2) is 36.5 Å². The molecule has 3 aromatic rings. The van der Waals surface area contributed by atoms with Crippen molar-refractivity contribution in [3.63, 3.8) is 0 Å². The van der Waals surface area contributed by atoms with E-state index in [1.54, 1.807) is 31.3 Å². The predicted molar refractivity (Wildman–Crippen MR) is 135 cm³/mol. The van der Waals surface area contributed by atoms with Gasteiger partial charge in [0.05, 0.1) is 11.1 Å². The van der Waals surface area contributed by atoms with E-state index in [1.807, 2.05) is 23.7 Å². The van der Waals surface area contributed by atoms with E-state index in [4.69, 9.17) is 28.3 Å². The maximum atomic E-state index is 13.2. The molecule has 3 rings (SSSR count). The summed E-state index contributed by atoms with van der Waals surface area (Å²) in [5, 5.41) is 21.2. The van der Waals surface area contributed by atoms with Crippen LogP contribution in [0.2, 0.25) is 10.0 Å². The third kappa shape index (κ3) is 6.59. The van der Waals surface area contributed by atoms with Gasteiger partial charge >= 0.3 is 5.97 Å². The van der Waals surface area contributed by atoms with Crippen LogP contribution in [0.3, 0.4) is 0 Å². The van der Waals surface area contributed by atoms with Crippen LogP contribution in [0.4, 0.5) is 0 Å². The van der Waals surface area contributed by atoms with Crippen molar-refractivity contribution in [2.24, 2.45) is 13.0 Å². The topological polar surface area (TPSA) is 92.4 Å². The first kappa shape index (κ1) is 26.2. The van der Waals surface area contributed by atoms with Gasteiger partial charge in [0, 0.05) is 47.8 Å². The number of halogens is 2. The number of nitrogens with zero attached hydrogens (tertiary/aromatic N) is 2. The molecular formula is C26H30Cl2N2O4. The van der Waals surface area contributed by atoms with Crippen LogP contribution < -0.4 is 0 Å². The van der Waals surface area contributed by atoms with E-state index in [-0.39, 0.29) is 24.5 Å². The van der Waals surface area contributed by atoms with E-state index in [1.165, 1.54) is 0 Å². The molecule has 0 radical (unpaired) electrons. The van der Waals surface area contributed by atoms with Gasteiger partial charge in [-0.15, -0.1) is 0 Å². The van der Waals surface area contributed by atoms with Crippen LogP contribution in [0.25, 0.3) is 11.0 Å². The van der Waals surface area contributed by atoms with Crippen LogP contribution in [0.1, 0.15) is 73.2 Å². The van der Waals surface area contributed by atoms with Gasteiger partial charge in [0.15, 0.2) is 5.78 Å². The summed E-state index contributed by atoms with van der Waals surface area (Å²) in [6.07, 6.45) is 4.96. The molecule has 182 valence electrons. The van der Waals surface area contributed by atoms with Crippen molar-refractivity contribution in [1.82, 2.24) is 9.55 Å². The van der Waals surface area contributed by atoms with Crippen LogP contribution in [0, 0.1) is 5.92 Å². The first-order valence-electron chi connectivity index (χ1n) is 11.5. The zero-order valence-corrected chi connectivity index (χ0v) is 20.9. The SMILES string of the molecule is C[C@H](CC(=O)O)CC(=O)c1c(CCCCC[C@H](O)c2cccc(Cl)c2)n(C)c2ncc(Cl)cc12. The molecule has 1 aromatic carbocycles. The Morgan fingerprint density at radius 2 is 1.85 bits per heavy atom. The summed E-state index contributed by atoms with van der Waals surface area (Å²) in [5.41, 5.74) is 2.97. The van der Waals surface area contributed by atoms with Gasteiger partial charge in [0.2, 0.25) is 0 Å². The normalized spacial score (nSPS) is 13.2. The number of hydrogen-bond donors (Lipinski definition) is 2. The number of carboxylic acid groups (broad SMARTS) is 1. The number of carboxylic acids is 1. The van der Waals surface area contributed by atoms with E-state index < -0.39 is 12.1 Å². The second kappa shape index (κ2) is 11.8. The first-order chi connectivity index (χ1) is 16.2. The summed E-state index contributed by atoms with van der Waals surface area (Å²) < 4.78 is 1.93. The van der Waals surface area contributed by atoms with Crippen molar-refractivity contribution in [2.75, 3.05) is 0 Å². The minimum atomic E-state index is -0.914. The summed E-state index contributed by atoms with van der Waals surface area (Å²) in [6.45, 7) is 1.77. The van der Waals surface area contributed by atoms with E-state index in [0.29, 0.717) is 39.5 Å². The second-order valence-electron chi connectivity index (χ2n) is 8.91. The highest BCUT2D eigenvalue weighted by Gasteiger charge is 2.24. The molecule has 0 aliphatic carbocycles. The van der Waals surface area contributed by atoms with Crippen molar-refractivity contribution in [1.29, 1.82) is 0 Å². The number of ketones is 1. The van der Waals surface area contributed by atoms with Crippen LogP contribution in [-0.2, 0) is 18.3 Å². The molecular weight excluding hydrogens is 475 g/mol. The minimum Gasteiger partial charge on any atom is -0.481 e. The highest BCUT2D eigenvalue weighted by molar-refractivity contribution is 6.31. The van der Waals surface area contributed by atoms with Crippen molar-refractivity contribution >= 4 is 46.0 Å². The lowest BCUT2D eigenvalue weighted by atomic mass is 9.94. The van der Waals surface area contributed by atoms with Crippen molar-refractivity contribution < 1.29 is 19.8 Å². The predicted octanol–water partition coefficient (Wildman–Crippen LogP) is 6.40. The maximum Gasteiger partial charge on any atom is 0.303 e. The monoisotopic (exact) mass is 504 g/mol. The third-order valence-corrected chi connectivity index (χ3v) is 6.52. The Labute approximate surface area is 209 Å². The molecule has 8 heteroatoms. The maximum absolute atomic E-state index is 13.2. The average molecular weight is 505 g/mol. The summed E-state index contributed by atoms with van der Waals surface area (Å²) >= 11 is 12.2. The summed E-state index contributed by atoms with van der Waals surface area (Å²) in [7, 11) is 1.89. The largest absolute Gasteiger partial charge is 0.481 e. The van der Waals surface area contributed by atoms with Crippen LogP contribution in [0.5, 0.6) is 0 Å². The Morgan fingerprint density at radius 3 is 2.56 bits per heavy atom. The second-order valence-corrected chi connectivity index (χ2v) is 9.78. The molecule has 2 heterocycles. The summed E-state index contributed by atoms with van der Waals surface area (Å²) in [4.78, 5) is 28.7. The van der Waals surface area contributed by atoms with Gasteiger partial charge in [-0.3, -0.25) is 9.59 Å². The Hall–Kier alpha value is -2.41. The van der Waals surface area contributed by atoms with Gasteiger partial charge in [-0.1, -0.05) is 55.1 Å². The number of aryl methyl sites for hydroxylation is 1. The molecule has 0 fully saturated rings. The number of hydrogen-bond acceptors (Lipinski definition) is 4. The highest BCUT2D eigenvalue weighted by Crippen LogP contribution is 2.30. The molecule has 0 spiro atoms. The Morgan fingerprint density at radius 1 is 1.09 bits per heavy atom. The number of carbonyl (C=O) groups excluding carboxylic acids is 1. The highest BCUT2D eigenvalue weighted by atomic mass is 35.5. The molecule has 0 aliphatic heterocycles. The zero-order valence-electron chi connectivity index (χ0n) is 19.4. The fourth-order valence-corrected chi connectivity index (χ4v) is 4.77. The minimum absolute atomic E-state index is 0.0558. The summed E-state index contributed by atoms with van der Waals surface area (Å²) in [6, 6.07) is 9.02. The Kier molecular flexibility index (Phi) is 9.11. The molecule has 6 nitrogen and oxygen atoms in total. The van der Waals surface area contributed by atoms with Crippen molar-refractivity contribution in [3.05, 3.63) is 63.4 Å². The van der Waals surface area contributed by atoms with Gasteiger partial charge in [-0.25, -0.2) is 4.98 Å². The number of aliphatic carboxylic acids is 1. The van der Waals surface area contributed by atoms with E-state index in [9.17, 15) is 14.7 Å². The molecule has 0 aliphatic rings. The molecule has 0 saturated heterocycles. The molecule has 2 N–H and O–H groups in total. The number of aliphatic hydroxyl groups is 1. The van der Waals surface area contributed by atoms with Crippen LogP contribution in [-0.4, -0.2) is 31.5 Å². The van der Waals surface area contributed by atoms with Gasteiger partial charge in [-0.2, -0.15) is 0 Å². The van der Waals surface area contributed by atoms with Crippen molar-refractivity contribution in [2.45, 2.75) is 58.0 Å². The number of Topliss-reactive ketones (excluding diaryl/α,β-unsaturated/α-hetero) is 1. The fraction of sp³-hybridized carbons (Fsp3) is 0.423. The lowest BCUT2D eigenvalue weighted by molar-refractivity contribution is -0.137. The fourth-order valence-electron chi connectivity index (χ4n) is 4.41. The van der Waals surface area contributed by atoms with Gasteiger partial charge in [-0.05, 0) is 48.9 Å². The van der Waals surface area contributed by atoms with E-state index in [2.05, 4.69) is 4.98 Å². The third-order valence-electron chi connectivity index (χ3n) is 6.07. The quantitative estimate of drug-likeness (QED) is 0.220. The molecule has 2 aromatic heterocycles. The molecule has 2 atom stereocenters. The van der Waals surface area contributed by atoms with Crippen molar-refractivity contribution in [3.8, 4) is 0 Å². The summed E-state index contributed by atoms with van der Waals surface area (Å²) in [5.74, 6) is -1.27. The average Bonchev–Trinajstić information content (AvgIpc) is 3.03. The number of fused-ring (bicyclic) bond motifs is 1. The number of aliphatic hydroxyl groups excluding tert-OH is 1. The van der Waals surface area contributed by atoms with Crippen LogP contribution >= 0.6 is 23.2 Å². The van der Waals surface area contributed by atoms with Gasteiger partial charge < -0.3 is 14.8 Å². The standard InChI is InChI=1S/C26H30Cl2N2O4/c1-16(12-24(33)34)11-23(32)25-20-14-19(28)15-29-26(20)30(2)21(25)9-4-3-5-10-22(31)17-7-6-8-18(27)13-17/h6-8,13-16,22,31H,3-5,9-12H2,1-2H3,(H,33,34)/t16-,22-/m0/s1. The first-order valence-corrected chi connectivity index (χ1v) is 12.2. The number of aromatic nitrogens is 2. The van der Waals surface area contributed by atoms with E-state index >= 15 is 0 Å².